The van der Waals surface area contributed by atoms with Crippen molar-refractivity contribution in [1.29, 1.82) is 0 Å². The summed E-state index contributed by atoms with van der Waals surface area (Å²) in [7, 11) is 0. The number of hydrogen-bond donors (Lipinski definition) is 1. The summed E-state index contributed by atoms with van der Waals surface area (Å²) < 4.78 is 0. The lowest BCUT2D eigenvalue weighted by molar-refractivity contribution is 0.260. The first kappa shape index (κ1) is 14.1. The summed E-state index contributed by atoms with van der Waals surface area (Å²) in [6.45, 7) is 6.35. The smallest absolute Gasteiger partial charge is 0.0465 e. The summed E-state index contributed by atoms with van der Waals surface area (Å²) in [6, 6.07) is 6.32. The van der Waals surface area contributed by atoms with Crippen LogP contribution in [0, 0.1) is 0 Å². The van der Waals surface area contributed by atoms with Crippen LogP contribution in [0.15, 0.2) is 18.2 Å². The Kier molecular flexibility index (Phi) is 5.31. The third-order valence-corrected chi connectivity index (χ3v) is 4.36. The highest BCUT2D eigenvalue weighted by Crippen LogP contribution is 2.24. The van der Waals surface area contributed by atoms with Gasteiger partial charge in [0, 0.05) is 34.7 Å². The van der Waals surface area contributed by atoms with Gasteiger partial charge in [0.15, 0.2) is 0 Å². The summed E-state index contributed by atoms with van der Waals surface area (Å²) in [6.07, 6.45) is 2.60. The van der Waals surface area contributed by atoms with Crippen molar-refractivity contribution in [2.24, 2.45) is 0 Å². The van der Waals surface area contributed by atoms with Crippen molar-refractivity contribution in [2.75, 3.05) is 19.6 Å². The topological polar surface area (TPSA) is 15.3 Å². The molecule has 0 bridgehead atoms. The van der Waals surface area contributed by atoms with Crippen LogP contribution in [0.25, 0.3) is 0 Å². The molecule has 1 heterocycles. The molecule has 18 heavy (non-hydrogen) atoms. The summed E-state index contributed by atoms with van der Waals surface area (Å²) >= 11 is 12.3. The van der Waals surface area contributed by atoms with Crippen LogP contribution >= 0.6 is 23.2 Å². The van der Waals surface area contributed by atoms with Gasteiger partial charge in [0.05, 0.1) is 0 Å². The molecule has 4 heteroatoms. The number of rotatable bonds is 5. The monoisotopic (exact) mass is 286 g/mol. The Bertz CT molecular complexity index is 375. The molecule has 2 rings (SSSR count). The molecule has 1 fully saturated rings. The minimum absolute atomic E-state index is 0.663. The van der Waals surface area contributed by atoms with Gasteiger partial charge in [-0.1, -0.05) is 36.2 Å². The van der Waals surface area contributed by atoms with Crippen molar-refractivity contribution in [2.45, 2.75) is 32.4 Å². The zero-order chi connectivity index (χ0) is 13.0. The van der Waals surface area contributed by atoms with E-state index in [4.69, 9.17) is 23.2 Å². The molecular formula is C14H20Cl2N2. The Morgan fingerprint density at radius 1 is 1.33 bits per heavy atom. The second kappa shape index (κ2) is 6.76. The van der Waals surface area contributed by atoms with E-state index in [2.05, 4.69) is 17.1 Å². The highest BCUT2D eigenvalue weighted by molar-refractivity contribution is 6.35. The SMILES string of the molecule is CCN1CCC[C@H]1CNCc1c(Cl)cccc1Cl. The average Bonchev–Trinajstić information content (AvgIpc) is 2.80. The predicted octanol–water partition coefficient (Wildman–Crippen LogP) is 3.57. The van der Waals surface area contributed by atoms with E-state index in [1.807, 2.05) is 18.2 Å². The van der Waals surface area contributed by atoms with Gasteiger partial charge in [-0.15, -0.1) is 0 Å². The lowest BCUT2D eigenvalue weighted by Crippen LogP contribution is -2.37. The molecule has 2 nitrogen and oxygen atoms in total. The van der Waals surface area contributed by atoms with Gasteiger partial charge in [0.2, 0.25) is 0 Å². The van der Waals surface area contributed by atoms with Crippen molar-refractivity contribution in [3.05, 3.63) is 33.8 Å². The fraction of sp³-hybridized carbons (Fsp3) is 0.571. The second-order valence-electron chi connectivity index (χ2n) is 4.76. The van der Waals surface area contributed by atoms with E-state index in [9.17, 15) is 0 Å². The number of nitrogens with one attached hydrogen (secondary N) is 1. The first-order valence-corrected chi connectivity index (χ1v) is 7.35. The van der Waals surface area contributed by atoms with Gasteiger partial charge in [-0.05, 0) is 38.1 Å². The van der Waals surface area contributed by atoms with Crippen LogP contribution < -0.4 is 5.32 Å². The Balaban J connectivity index is 1.85. The minimum Gasteiger partial charge on any atom is -0.311 e. The van der Waals surface area contributed by atoms with E-state index >= 15 is 0 Å². The standard InChI is InChI=1S/C14H20Cl2N2/c1-2-18-8-4-5-11(18)9-17-10-12-13(15)6-3-7-14(12)16/h3,6-7,11,17H,2,4-5,8-10H2,1H3/t11-/m0/s1. The van der Waals surface area contributed by atoms with Crippen molar-refractivity contribution >= 4 is 23.2 Å². The number of likely N-dealkylation sites (N-methyl/N-ethyl adjacent to an activating group) is 1. The first-order valence-electron chi connectivity index (χ1n) is 6.60. The van der Waals surface area contributed by atoms with Gasteiger partial charge in [-0.2, -0.15) is 0 Å². The zero-order valence-corrected chi connectivity index (χ0v) is 12.3. The van der Waals surface area contributed by atoms with E-state index < -0.39 is 0 Å². The van der Waals surface area contributed by atoms with E-state index in [-0.39, 0.29) is 0 Å². The van der Waals surface area contributed by atoms with E-state index in [1.54, 1.807) is 0 Å². The number of nitrogens with zero attached hydrogens (tertiary/aromatic N) is 1. The van der Waals surface area contributed by atoms with E-state index in [1.165, 1.54) is 19.4 Å². The molecule has 0 aliphatic carbocycles. The molecule has 0 aromatic heterocycles. The maximum absolute atomic E-state index is 6.15. The van der Waals surface area contributed by atoms with Crippen molar-refractivity contribution in [1.82, 2.24) is 10.2 Å². The van der Waals surface area contributed by atoms with Crippen LogP contribution in [0.2, 0.25) is 10.0 Å². The summed E-state index contributed by atoms with van der Waals surface area (Å²) in [4.78, 5) is 2.53. The van der Waals surface area contributed by atoms with Crippen molar-refractivity contribution < 1.29 is 0 Å². The summed E-state index contributed by atoms with van der Waals surface area (Å²) in [5.74, 6) is 0. The molecule has 0 saturated carbocycles. The Labute approximate surface area is 119 Å². The van der Waals surface area contributed by atoms with Gasteiger partial charge in [-0.25, -0.2) is 0 Å². The van der Waals surface area contributed by atoms with E-state index in [0.29, 0.717) is 6.04 Å². The molecule has 0 spiro atoms. The second-order valence-corrected chi connectivity index (χ2v) is 5.57. The number of benzene rings is 1. The number of hydrogen-bond acceptors (Lipinski definition) is 2. The Hall–Kier alpha value is -0.280. The lowest BCUT2D eigenvalue weighted by Gasteiger charge is -2.23. The fourth-order valence-corrected chi connectivity index (χ4v) is 3.14. The molecule has 100 valence electrons. The largest absolute Gasteiger partial charge is 0.311 e. The van der Waals surface area contributed by atoms with Crippen LogP contribution in [0.4, 0.5) is 0 Å². The first-order chi connectivity index (χ1) is 8.72. The molecule has 1 N–H and O–H groups in total. The van der Waals surface area contributed by atoms with Crippen LogP contribution in [-0.4, -0.2) is 30.6 Å². The molecule has 0 unspecified atom stereocenters. The van der Waals surface area contributed by atoms with Gasteiger partial charge < -0.3 is 5.32 Å². The van der Waals surface area contributed by atoms with E-state index in [0.717, 1.165) is 35.2 Å². The third-order valence-electron chi connectivity index (χ3n) is 3.65. The molecule has 1 aliphatic rings. The van der Waals surface area contributed by atoms with Crippen LogP contribution in [0.5, 0.6) is 0 Å². The van der Waals surface area contributed by atoms with Gasteiger partial charge >= 0.3 is 0 Å². The van der Waals surface area contributed by atoms with Gasteiger partial charge in [0.25, 0.3) is 0 Å². The third kappa shape index (κ3) is 3.39. The normalized spacial score (nSPS) is 20.5. The molecule has 1 aromatic carbocycles. The molecule has 1 aromatic rings. The highest BCUT2D eigenvalue weighted by Gasteiger charge is 2.22. The minimum atomic E-state index is 0.663. The predicted molar refractivity (Wildman–Crippen MR) is 78.4 cm³/mol. The number of halogens is 2. The zero-order valence-electron chi connectivity index (χ0n) is 10.8. The van der Waals surface area contributed by atoms with Crippen LogP contribution in [0.1, 0.15) is 25.3 Å². The van der Waals surface area contributed by atoms with Crippen LogP contribution in [0.3, 0.4) is 0 Å². The van der Waals surface area contributed by atoms with Crippen molar-refractivity contribution in [3.63, 3.8) is 0 Å². The maximum Gasteiger partial charge on any atom is 0.0465 e. The molecule has 1 saturated heterocycles. The maximum atomic E-state index is 6.15. The van der Waals surface area contributed by atoms with Crippen LogP contribution in [-0.2, 0) is 6.54 Å². The van der Waals surface area contributed by atoms with Gasteiger partial charge in [-0.3, -0.25) is 4.90 Å². The Morgan fingerprint density at radius 3 is 2.72 bits per heavy atom. The Morgan fingerprint density at radius 2 is 2.06 bits per heavy atom. The average molecular weight is 287 g/mol. The summed E-state index contributed by atoms with van der Waals surface area (Å²) in [5, 5.41) is 4.97. The molecule has 1 atom stereocenters. The molecule has 1 aliphatic heterocycles. The lowest BCUT2D eigenvalue weighted by atomic mass is 10.2. The fourth-order valence-electron chi connectivity index (χ4n) is 2.61. The number of likely N-dealkylation sites (tertiary alicyclic amines) is 1. The highest BCUT2D eigenvalue weighted by atomic mass is 35.5. The van der Waals surface area contributed by atoms with Gasteiger partial charge in [0.1, 0.15) is 0 Å². The quantitative estimate of drug-likeness (QED) is 0.890. The molecule has 0 radical (unpaired) electrons. The molecule has 0 amide bonds. The van der Waals surface area contributed by atoms with Crippen molar-refractivity contribution in [3.8, 4) is 0 Å². The summed E-state index contributed by atoms with van der Waals surface area (Å²) in [5.41, 5.74) is 1.00. The molecular weight excluding hydrogens is 267 g/mol.